The molecule has 2 rings (SSSR count). The van der Waals surface area contributed by atoms with Crippen molar-refractivity contribution in [2.75, 3.05) is 13.6 Å². The lowest BCUT2D eigenvalue weighted by molar-refractivity contribution is 0.242. The van der Waals surface area contributed by atoms with Crippen LogP contribution in [0.5, 0.6) is 0 Å². The van der Waals surface area contributed by atoms with Crippen LogP contribution in [0.4, 0.5) is 0 Å². The van der Waals surface area contributed by atoms with Crippen LogP contribution in [0, 0.1) is 0 Å². The van der Waals surface area contributed by atoms with Crippen LogP contribution < -0.4 is 5.32 Å². The molecule has 1 N–H and O–H groups in total. The summed E-state index contributed by atoms with van der Waals surface area (Å²) in [5, 5.41) is 3.55. The average Bonchev–Trinajstić information content (AvgIpc) is 2.72. The molecule has 1 fully saturated rings. The van der Waals surface area contributed by atoms with Crippen molar-refractivity contribution in [3.8, 4) is 0 Å². The van der Waals surface area contributed by atoms with Crippen LogP contribution in [-0.2, 0) is 6.54 Å². The summed E-state index contributed by atoms with van der Waals surface area (Å²) in [6, 6.07) is 4.74. The van der Waals surface area contributed by atoms with Gasteiger partial charge in [-0.2, -0.15) is 0 Å². The molecule has 4 heteroatoms. The molecule has 16 heavy (non-hydrogen) atoms. The Balaban J connectivity index is 1.91. The van der Waals surface area contributed by atoms with E-state index in [0.717, 1.165) is 17.4 Å². The second kappa shape index (κ2) is 4.65. The number of nitrogens with zero attached hydrogens (tertiary/aromatic N) is 1. The average molecular weight is 259 g/mol. The number of thiophene rings is 1. The van der Waals surface area contributed by atoms with Crippen molar-refractivity contribution in [1.29, 1.82) is 0 Å². The van der Waals surface area contributed by atoms with Crippen molar-refractivity contribution in [2.45, 2.75) is 38.4 Å². The molecule has 0 saturated carbocycles. The van der Waals surface area contributed by atoms with Crippen LogP contribution in [0.25, 0.3) is 0 Å². The van der Waals surface area contributed by atoms with E-state index >= 15 is 0 Å². The minimum Gasteiger partial charge on any atom is -0.310 e. The molecule has 1 unspecified atom stereocenters. The maximum absolute atomic E-state index is 5.94. The summed E-state index contributed by atoms with van der Waals surface area (Å²) < 4.78 is 0.883. The highest BCUT2D eigenvalue weighted by molar-refractivity contribution is 7.16. The fraction of sp³-hybridized carbons (Fsp3) is 0.667. The lowest BCUT2D eigenvalue weighted by Gasteiger charge is -2.24. The smallest absolute Gasteiger partial charge is 0.0931 e. The third-order valence-corrected chi connectivity index (χ3v) is 4.44. The predicted octanol–water partition coefficient (Wildman–Crippen LogP) is 2.97. The predicted molar refractivity (Wildman–Crippen MR) is 71.3 cm³/mol. The van der Waals surface area contributed by atoms with E-state index in [4.69, 9.17) is 11.6 Å². The van der Waals surface area contributed by atoms with Crippen molar-refractivity contribution >= 4 is 22.9 Å². The minimum absolute atomic E-state index is 0.284. The Kier molecular flexibility index (Phi) is 3.59. The number of hydrogen-bond acceptors (Lipinski definition) is 3. The lowest BCUT2D eigenvalue weighted by Crippen LogP contribution is -2.32. The Labute approximate surface area is 107 Å². The van der Waals surface area contributed by atoms with E-state index < -0.39 is 0 Å². The number of halogens is 1. The summed E-state index contributed by atoms with van der Waals surface area (Å²) in [6.45, 7) is 6.62. The molecule has 0 aromatic carbocycles. The van der Waals surface area contributed by atoms with Gasteiger partial charge in [-0.3, -0.25) is 4.90 Å². The Bertz CT molecular complexity index is 362. The van der Waals surface area contributed by atoms with Crippen molar-refractivity contribution in [3.63, 3.8) is 0 Å². The third-order valence-electron chi connectivity index (χ3n) is 3.22. The summed E-state index contributed by atoms with van der Waals surface area (Å²) in [5.41, 5.74) is 0.284. The van der Waals surface area contributed by atoms with Gasteiger partial charge in [0.05, 0.1) is 4.34 Å². The molecule has 1 aliphatic rings. The molecule has 1 atom stereocenters. The van der Waals surface area contributed by atoms with E-state index in [2.05, 4.69) is 37.2 Å². The highest BCUT2D eigenvalue weighted by Crippen LogP contribution is 2.26. The summed E-state index contributed by atoms with van der Waals surface area (Å²) in [7, 11) is 2.20. The lowest BCUT2D eigenvalue weighted by atomic mass is 10.0. The van der Waals surface area contributed by atoms with E-state index in [9.17, 15) is 0 Å². The van der Waals surface area contributed by atoms with Crippen LogP contribution in [0.3, 0.4) is 0 Å². The van der Waals surface area contributed by atoms with Gasteiger partial charge in [-0.1, -0.05) is 11.6 Å². The maximum atomic E-state index is 5.94. The molecule has 0 radical (unpaired) electrons. The molecular weight excluding hydrogens is 240 g/mol. The van der Waals surface area contributed by atoms with Gasteiger partial charge >= 0.3 is 0 Å². The quantitative estimate of drug-likeness (QED) is 0.897. The first-order valence-corrected chi connectivity index (χ1v) is 6.85. The highest BCUT2D eigenvalue weighted by Gasteiger charge is 2.32. The van der Waals surface area contributed by atoms with Gasteiger partial charge in [-0.25, -0.2) is 0 Å². The second-order valence-electron chi connectivity index (χ2n) is 5.24. The minimum atomic E-state index is 0.284. The van der Waals surface area contributed by atoms with Crippen molar-refractivity contribution in [1.82, 2.24) is 10.2 Å². The molecule has 2 nitrogen and oxygen atoms in total. The topological polar surface area (TPSA) is 15.3 Å². The fourth-order valence-electron chi connectivity index (χ4n) is 2.25. The van der Waals surface area contributed by atoms with Gasteiger partial charge in [0.25, 0.3) is 0 Å². The van der Waals surface area contributed by atoms with Gasteiger partial charge < -0.3 is 5.32 Å². The Hall–Kier alpha value is -0.0900. The van der Waals surface area contributed by atoms with Crippen LogP contribution in [0.2, 0.25) is 4.34 Å². The standard InChI is InChI=1S/C12H19ClN2S/c1-12(2)6-9(7-14-12)15(3)8-10-4-5-11(13)16-10/h4-5,9,14H,6-8H2,1-3H3. The van der Waals surface area contributed by atoms with Crippen LogP contribution >= 0.6 is 22.9 Å². The Morgan fingerprint density at radius 3 is 2.81 bits per heavy atom. The van der Waals surface area contributed by atoms with Crippen molar-refractivity contribution in [2.24, 2.45) is 0 Å². The molecule has 2 heterocycles. The number of nitrogens with one attached hydrogen (secondary N) is 1. The van der Waals surface area contributed by atoms with Crippen LogP contribution in [-0.4, -0.2) is 30.1 Å². The van der Waals surface area contributed by atoms with Gasteiger partial charge in [0.1, 0.15) is 0 Å². The largest absolute Gasteiger partial charge is 0.310 e. The van der Waals surface area contributed by atoms with Crippen LogP contribution in [0.1, 0.15) is 25.1 Å². The first-order chi connectivity index (χ1) is 7.46. The third kappa shape index (κ3) is 2.98. The molecule has 0 amide bonds. The van der Waals surface area contributed by atoms with Gasteiger partial charge in [0.2, 0.25) is 0 Å². The Morgan fingerprint density at radius 2 is 2.31 bits per heavy atom. The van der Waals surface area contributed by atoms with Gasteiger partial charge in [-0.15, -0.1) is 11.3 Å². The van der Waals surface area contributed by atoms with Gasteiger partial charge in [0, 0.05) is 29.5 Å². The van der Waals surface area contributed by atoms with Gasteiger partial charge in [-0.05, 0) is 39.4 Å². The highest BCUT2D eigenvalue weighted by atomic mass is 35.5. The Morgan fingerprint density at radius 1 is 1.56 bits per heavy atom. The molecule has 1 aromatic rings. The van der Waals surface area contributed by atoms with E-state index in [1.54, 1.807) is 11.3 Å². The normalized spacial score (nSPS) is 24.2. The molecular formula is C12H19ClN2S. The molecule has 1 saturated heterocycles. The zero-order valence-corrected chi connectivity index (χ0v) is 11.7. The van der Waals surface area contributed by atoms with E-state index in [1.165, 1.54) is 11.3 Å². The molecule has 1 aliphatic heterocycles. The summed E-state index contributed by atoms with van der Waals surface area (Å²) in [5.74, 6) is 0. The molecule has 0 bridgehead atoms. The first-order valence-electron chi connectivity index (χ1n) is 5.66. The maximum Gasteiger partial charge on any atom is 0.0931 e. The summed E-state index contributed by atoms with van der Waals surface area (Å²) >= 11 is 7.61. The number of rotatable bonds is 3. The first kappa shape index (κ1) is 12.4. The van der Waals surface area contributed by atoms with E-state index in [1.807, 2.05) is 6.07 Å². The number of likely N-dealkylation sites (N-methyl/N-ethyl adjacent to an activating group) is 1. The van der Waals surface area contributed by atoms with Crippen molar-refractivity contribution in [3.05, 3.63) is 21.3 Å². The van der Waals surface area contributed by atoms with E-state index in [-0.39, 0.29) is 5.54 Å². The summed E-state index contributed by atoms with van der Waals surface area (Å²) in [4.78, 5) is 3.77. The summed E-state index contributed by atoms with van der Waals surface area (Å²) in [6.07, 6.45) is 1.21. The zero-order valence-electron chi connectivity index (χ0n) is 10.1. The van der Waals surface area contributed by atoms with Crippen molar-refractivity contribution < 1.29 is 0 Å². The van der Waals surface area contributed by atoms with Gasteiger partial charge in [0.15, 0.2) is 0 Å². The molecule has 1 aromatic heterocycles. The second-order valence-corrected chi connectivity index (χ2v) is 7.04. The monoisotopic (exact) mass is 258 g/mol. The zero-order chi connectivity index (χ0) is 11.8. The van der Waals surface area contributed by atoms with E-state index in [0.29, 0.717) is 6.04 Å². The SMILES string of the molecule is CN(Cc1ccc(Cl)s1)C1CNC(C)(C)C1. The molecule has 0 aliphatic carbocycles. The molecule has 0 spiro atoms. The number of hydrogen-bond donors (Lipinski definition) is 1. The molecule has 90 valence electrons. The fourth-order valence-corrected chi connectivity index (χ4v) is 3.40. The van der Waals surface area contributed by atoms with Crippen LogP contribution in [0.15, 0.2) is 12.1 Å².